The third-order valence-electron chi connectivity index (χ3n) is 6.37. The second-order valence-electron chi connectivity index (χ2n) is 8.08. The molecule has 3 saturated carbocycles. The molecular weight excluding hydrogens is 227 g/mol. The zero-order valence-electron chi connectivity index (χ0n) is 11.9. The molecular formula is C14H23BO3. The SMILES string of the molecule is CC1(C)OB(C23CC(C4COC4)(C2)C3)OC1(C)C. The summed E-state index contributed by atoms with van der Waals surface area (Å²) < 4.78 is 17.8. The van der Waals surface area contributed by atoms with Gasteiger partial charge in [-0.1, -0.05) is 0 Å². The van der Waals surface area contributed by atoms with E-state index >= 15 is 0 Å². The van der Waals surface area contributed by atoms with Crippen LogP contribution >= 0.6 is 0 Å². The molecule has 0 N–H and O–H groups in total. The quantitative estimate of drug-likeness (QED) is 0.705. The summed E-state index contributed by atoms with van der Waals surface area (Å²) in [6.45, 7) is 10.6. The van der Waals surface area contributed by atoms with Gasteiger partial charge >= 0.3 is 7.12 Å². The Morgan fingerprint density at radius 1 is 0.889 bits per heavy atom. The molecule has 0 amide bonds. The lowest BCUT2D eigenvalue weighted by Gasteiger charge is -2.74. The lowest BCUT2D eigenvalue weighted by atomic mass is 9.22. The fourth-order valence-electron chi connectivity index (χ4n) is 4.31. The van der Waals surface area contributed by atoms with Gasteiger partial charge in [0.15, 0.2) is 0 Å². The highest BCUT2D eigenvalue weighted by molar-refractivity contribution is 6.51. The van der Waals surface area contributed by atoms with E-state index in [-0.39, 0.29) is 18.3 Å². The summed E-state index contributed by atoms with van der Waals surface area (Å²) in [5.41, 5.74) is 0.238. The summed E-state index contributed by atoms with van der Waals surface area (Å²) in [6, 6.07) is 0. The van der Waals surface area contributed by atoms with Crippen LogP contribution in [0.4, 0.5) is 0 Å². The fourth-order valence-corrected chi connectivity index (χ4v) is 4.31. The Morgan fingerprint density at radius 2 is 1.39 bits per heavy atom. The van der Waals surface area contributed by atoms with Gasteiger partial charge in [-0.15, -0.1) is 0 Å². The summed E-state index contributed by atoms with van der Waals surface area (Å²) in [5.74, 6) is 0.821. The van der Waals surface area contributed by atoms with E-state index in [0.717, 1.165) is 19.1 Å². The van der Waals surface area contributed by atoms with Gasteiger partial charge in [0.05, 0.1) is 24.4 Å². The first-order valence-electron chi connectivity index (χ1n) is 7.22. The Labute approximate surface area is 110 Å². The number of rotatable bonds is 2. The van der Waals surface area contributed by atoms with Gasteiger partial charge < -0.3 is 14.0 Å². The highest BCUT2D eigenvalue weighted by atomic mass is 16.7. The maximum Gasteiger partial charge on any atom is 0.464 e. The minimum atomic E-state index is -0.181. The third kappa shape index (κ3) is 1.18. The molecule has 0 aromatic rings. The van der Waals surface area contributed by atoms with Gasteiger partial charge in [-0.2, -0.15) is 0 Å². The van der Waals surface area contributed by atoms with E-state index in [4.69, 9.17) is 14.0 Å². The van der Waals surface area contributed by atoms with Crippen LogP contribution in [-0.2, 0) is 14.0 Å². The smallest absolute Gasteiger partial charge is 0.403 e. The zero-order valence-corrected chi connectivity index (χ0v) is 11.9. The summed E-state index contributed by atoms with van der Waals surface area (Å²) in [4.78, 5) is 0. The standard InChI is InChI=1S/C14H23BO3/c1-11(2)12(3,4)18-15(17-11)14-7-13(8-14,9-14)10-5-16-6-10/h10H,5-9H2,1-4H3. The van der Waals surface area contributed by atoms with Gasteiger partial charge in [-0.3, -0.25) is 0 Å². The highest BCUT2D eigenvalue weighted by Gasteiger charge is 2.78. The van der Waals surface area contributed by atoms with Crippen molar-refractivity contribution in [1.29, 1.82) is 0 Å². The van der Waals surface area contributed by atoms with Crippen molar-refractivity contribution < 1.29 is 14.0 Å². The molecule has 5 fully saturated rings. The lowest BCUT2D eigenvalue weighted by Crippen LogP contribution is -2.69. The van der Waals surface area contributed by atoms with Gasteiger partial charge in [-0.05, 0) is 52.4 Å². The molecule has 2 bridgehead atoms. The van der Waals surface area contributed by atoms with Crippen molar-refractivity contribution in [1.82, 2.24) is 0 Å². The predicted octanol–water partition coefficient (Wildman–Crippen LogP) is 2.65. The van der Waals surface area contributed by atoms with Crippen LogP contribution < -0.4 is 0 Å². The molecule has 5 aliphatic rings. The maximum absolute atomic E-state index is 6.23. The second-order valence-corrected chi connectivity index (χ2v) is 8.08. The minimum Gasteiger partial charge on any atom is -0.403 e. The second kappa shape index (κ2) is 2.99. The zero-order chi connectivity index (χ0) is 12.8. The van der Waals surface area contributed by atoms with E-state index in [9.17, 15) is 0 Å². The van der Waals surface area contributed by atoms with Crippen molar-refractivity contribution in [2.75, 3.05) is 13.2 Å². The summed E-state index contributed by atoms with van der Waals surface area (Å²) >= 11 is 0. The topological polar surface area (TPSA) is 27.7 Å². The van der Waals surface area contributed by atoms with Crippen LogP contribution in [0.3, 0.4) is 0 Å². The van der Waals surface area contributed by atoms with Crippen LogP contribution in [0.2, 0.25) is 5.31 Å². The van der Waals surface area contributed by atoms with Crippen molar-refractivity contribution in [2.24, 2.45) is 11.3 Å². The number of ether oxygens (including phenoxy) is 1. The molecule has 18 heavy (non-hydrogen) atoms. The van der Waals surface area contributed by atoms with Crippen LogP contribution in [0.1, 0.15) is 47.0 Å². The Kier molecular flexibility index (Phi) is 1.95. The average molecular weight is 250 g/mol. The Hall–Kier alpha value is -0.0551. The van der Waals surface area contributed by atoms with Crippen LogP contribution in [0.15, 0.2) is 0 Å². The van der Waals surface area contributed by atoms with Crippen molar-refractivity contribution in [2.45, 2.75) is 63.5 Å². The van der Waals surface area contributed by atoms with Gasteiger partial charge in [0.1, 0.15) is 0 Å². The molecule has 3 nitrogen and oxygen atoms in total. The molecule has 5 rings (SSSR count). The van der Waals surface area contributed by atoms with Crippen LogP contribution in [0.25, 0.3) is 0 Å². The molecule has 2 aliphatic heterocycles. The van der Waals surface area contributed by atoms with E-state index in [1.165, 1.54) is 19.3 Å². The molecule has 0 aromatic heterocycles. The van der Waals surface area contributed by atoms with E-state index in [2.05, 4.69) is 27.7 Å². The van der Waals surface area contributed by atoms with Crippen molar-refractivity contribution in [3.05, 3.63) is 0 Å². The van der Waals surface area contributed by atoms with Gasteiger partial charge in [-0.25, -0.2) is 0 Å². The lowest BCUT2D eigenvalue weighted by molar-refractivity contribution is -0.222. The predicted molar refractivity (Wildman–Crippen MR) is 69.4 cm³/mol. The van der Waals surface area contributed by atoms with Crippen LogP contribution in [-0.4, -0.2) is 31.5 Å². The number of hydrogen-bond donors (Lipinski definition) is 0. The Morgan fingerprint density at radius 3 is 1.78 bits per heavy atom. The van der Waals surface area contributed by atoms with Crippen LogP contribution in [0, 0.1) is 11.3 Å². The Balaban J connectivity index is 1.46. The van der Waals surface area contributed by atoms with E-state index in [1.807, 2.05) is 0 Å². The fraction of sp³-hybridized carbons (Fsp3) is 1.00. The van der Waals surface area contributed by atoms with Crippen molar-refractivity contribution in [3.63, 3.8) is 0 Å². The molecule has 0 radical (unpaired) electrons. The molecule has 0 unspecified atom stereocenters. The first kappa shape index (κ1) is 11.7. The summed E-state index contributed by atoms with van der Waals surface area (Å²) in [5, 5.41) is 0.334. The minimum absolute atomic E-state index is 0.0189. The number of hydrogen-bond acceptors (Lipinski definition) is 3. The first-order valence-corrected chi connectivity index (χ1v) is 7.22. The molecule has 3 aliphatic carbocycles. The molecule has 4 heteroatoms. The van der Waals surface area contributed by atoms with Gasteiger partial charge in [0.2, 0.25) is 0 Å². The normalized spacial score (nSPS) is 48.3. The Bertz CT molecular complexity index is 364. The van der Waals surface area contributed by atoms with Gasteiger partial charge in [0, 0.05) is 11.2 Å². The van der Waals surface area contributed by atoms with E-state index < -0.39 is 0 Å². The molecule has 0 aromatic carbocycles. The first-order chi connectivity index (χ1) is 8.29. The highest BCUT2D eigenvalue weighted by Crippen LogP contribution is 2.83. The monoisotopic (exact) mass is 250 g/mol. The van der Waals surface area contributed by atoms with Crippen molar-refractivity contribution in [3.8, 4) is 0 Å². The van der Waals surface area contributed by atoms with Crippen molar-refractivity contribution >= 4 is 7.12 Å². The van der Waals surface area contributed by atoms with Crippen LogP contribution in [0.5, 0.6) is 0 Å². The van der Waals surface area contributed by atoms with E-state index in [1.54, 1.807) is 0 Å². The average Bonchev–Trinajstić information content (AvgIpc) is 2.21. The maximum atomic E-state index is 6.23. The molecule has 0 atom stereocenters. The molecule has 2 heterocycles. The molecule has 0 spiro atoms. The summed E-state index contributed by atoms with van der Waals surface area (Å²) in [7, 11) is 0.0189. The molecule has 2 saturated heterocycles. The largest absolute Gasteiger partial charge is 0.464 e. The third-order valence-corrected chi connectivity index (χ3v) is 6.37. The van der Waals surface area contributed by atoms with Gasteiger partial charge in [0.25, 0.3) is 0 Å². The molecule has 100 valence electrons. The summed E-state index contributed by atoms with van der Waals surface area (Å²) in [6.07, 6.45) is 3.89. The van der Waals surface area contributed by atoms with E-state index in [0.29, 0.717) is 10.7 Å².